The van der Waals surface area contributed by atoms with E-state index >= 15 is 0 Å². The molecule has 1 saturated heterocycles. The first-order chi connectivity index (χ1) is 8.60. The Morgan fingerprint density at radius 2 is 1.83 bits per heavy atom. The first-order valence-corrected chi connectivity index (χ1v) is 6.30. The fourth-order valence-corrected chi connectivity index (χ4v) is 2.63. The number of halogens is 2. The average Bonchev–Trinajstić information content (AvgIpc) is 2.39. The molecule has 1 aromatic carbocycles. The number of carbonyl (C=O) groups excluding carboxylic acids is 1. The minimum Gasteiger partial charge on any atom is -0.317 e. The molecule has 0 aromatic heterocycles. The van der Waals surface area contributed by atoms with Crippen LogP contribution in [0.1, 0.15) is 36.5 Å². The van der Waals surface area contributed by atoms with E-state index in [1.165, 1.54) is 6.07 Å². The topological polar surface area (TPSA) is 29.1 Å². The highest BCUT2D eigenvalue weighted by Gasteiger charge is 2.40. The van der Waals surface area contributed by atoms with E-state index in [4.69, 9.17) is 0 Å². The van der Waals surface area contributed by atoms with Crippen LogP contribution in [0.15, 0.2) is 18.2 Å². The van der Waals surface area contributed by atoms with Gasteiger partial charge in [0.2, 0.25) is 0 Å². The number of nitrogens with one attached hydrogen (secondary N) is 1. The molecule has 98 valence electrons. The van der Waals surface area contributed by atoms with Gasteiger partial charge in [-0.15, -0.1) is 0 Å². The number of benzene rings is 1. The van der Waals surface area contributed by atoms with Gasteiger partial charge in [0.15, 0.2) is 5.78 Å². The van der Waals surface area contributed by atoms with E-state index in [0.717, 1.165) is 25.2 Å². The fourth-order valence-electron chi connectivity index (χ4n) is 2.63. The lowest BCUT2D eigenvalue weighted by Crippen LogP contribution is -2.42. The molecule has 1 N–H and O–H groups in total. The zero-order valence-corrected chi connectivity index (χ0v) is 10.4. The van der Waals surface area contributed by atoms with Crippen molar-refractivity contribution < 1.29 is 13.6 Å². The van der Waals surface area contributed by atoms with Crippen LogP contribution in [0.2, 0.25) is 0 Å². The zero-order chi connectivity index (χ0) is 13.2. The number of hydrogen-bond acceptors (Lipinski definition) is 2. The van der Waals surface area contributed by atoms with Crippen molar-refractivity contribution in [1.29, 1.82) is 0 Å². The molecule has 0 saturated carbocycles. The molecule has 0 spiro atoms. The van der Waals surface area contributed by atoms with Gasteiger partial charge in [-0.1, -0.05) is 13.0 Å². The molecule has 1 aliphatic rings. The van der Waals surface area contributed by atoms with Crippen molar-refractivity contribution in [3.05, 3.63) is 35.4 Å². The van der Waals surface area contributed by atoms with Gasteiger partial charge in [-0.05, 0) is 44.5 Å². The summed E-state index contributed by atoms with van der Waals surface area (Å²) in [7, 11) is 0. The second kappa shape index (κ2) is 5.14. The van der Waals surface area contributed by atoms with Crippen molar-refractivity contribution in [3.63, 3.8) is 0 Å². The third-order valence-electron chi connectivity index (χ3n) is 3.91. The van der Waals surface area contributed by atoms with Gasteiger partial charge in [-0.25, -0.2) is 8.78 Å². The molecule has 0 unspecified atom stereocenters. The Hall–Kier alpha value is -1.29. The summed E-state index contributed by atoms with van der Waals surface area (Å²) in [6.07, 6.45) is 1.88. The summed E-state index contributed by atoms with van der Waals surface area (Å²) in [5, 5.41) is 3.17. The second-order valence-corrected chi connectivity index (χ2v) is 4.81. The fraction of sp³-hybridized carbons (Fsp3) is 0.500. The third kappa shape index (κ3) is 2.17. The summed E-state index contributed by atoms with van der Waals surface area (Å²) in [5.41, 5.74) is -0.991. The smallest absolute Gasteiger partial charge is 0.174 e. The lowest BCUT2D eigenvalue weighted by atomic mass is 9.71. The molecule has 0 bridgehead atoms. The Bertz CT molecular complexity index is 433. The predicted octanol–water partition coefficient (Wildman–Crippen LogP) is 2.93. The standard InChI is InChI=1S/C14H17F2NO/c1-2-14(6-8-17-9-7-14)13(18)12-10(15)4-3-5-11(12)16/h3-5,17H,2,6-9H2,1H3. The van der Waals surface area contributed by atoms with Crippen LogP contribution in [0.3, 0.4) is 0 Å². The summed E-state index contributed by atoms with van der Waals surface area (Å²) in [4.78, 5) is 12.5. The lowest BCUT2D eigenvalue weighted by molar-refractivity contribution is 0.0708. The van der Waals surface area contributed by atoms with E-state index in [9.17, 15) is 13.6 Å². The summed E-state index contributed by atoms with van der Waals surface area (Å²) in [6.45, 7) is 3.34. The van der Waals surface area contributed by atoms with Crippen LogP contribution in [-0.4, -0.2) is 18.9 Å². The third-order valence-corrected chi connectivity index (χ3v) is 3.91. The lowest BCUT2D eigenvalue weighted by Gasteiger charge is -2.35. The molecule has 2 nitrogen and oxygen atoms in total. The molecule has 1 fully saturated rings. The van der Waals surface area contributed by atoms with Crippen molar-refractivity contribution in [2.75, 3.05) is 13.1 Å². The van der Waals surface area contributed by atoms with Crippen LogP contribution in [0.25, 0.3) is 0 Å². The quantitative estimate of drug-likeness (QED) is 0.839. The van der Waals surface area contributed by atoms with Gasteiger partial charge in [0.1, 0.15) is 11.6 Å². The van der Waals surface area contributed by atoms with Gasteiger partial charge < -0.3 is 5.32 Å². The molecule has 0 atom stereocenters. The van der Waals surface area contributed by atoms with Crippen LogP contribution >= 0.6 is 0 Å². The molecule has 1 heterocycles. The van der Waals surface area contributed by atoms with Crippen LogP contribution in [0.5, 0.6) is 0 Å². The minimum absolute atomic E-state index is 0.374. The maximum atomic E-state index is 13.7. The van der Waals surface area contributed by atoms with Crippen molar-refractivity contribution in [2.45, 2.75) is 26.2 Å². The highest BCUT2D eigenvalue weighted by molar-refractivity contribution is 6.01. The molecule has 1 aromatic rings. The summed E-state index contributed by atoms with van der Waals surface area (Å²) in [5.74, 6) is -1.90. The number of Topliss-reactive ketones (excluding diaryl/α,β-unsaturated/α-hetero) is 1. The Morgan fingerprint density at radius 3 is 2.33 bits per heavy atom. The first-order valence-electron chi connectivity index (χ1n) is 6.30. The SMILES string of the molecule is CCC1(C(=O)c2c(F)cccc2F)CCNCC1. The summed E-state index contributed by atoms with van der Waals surface area (Å²) < 4.78 is 27.4. The molecule has 0 aliphatic carbocycles. The maximum Gasteiger partial charge on any atom is 0.174 e. The zero-order valence-electron chi connectivity index (χ0n) is 10.4. The molecule has 1 aliphatic heterocycles. The molecule has 18 heavy (non-hydrogen) atoms. The summed E-state index contributed by atoms with van der Waals surface area (Å²) >= 11 is 0. The van der Waals surface area contributed by atoms with Crippen molar-refractivity contribution >= 4 is 5.78 Å². The highest BCUT2D eigenvalue weighted by Crippen LogP contribution is 2.37. The van der Waals surface area contributed by atoms with Crippen LogP contribution < -0.4 is 5.32 Å². The number of hydrogen-bond donors (Lipinski definition) is 1. The van der Waals surface area contributed by atoms with Gasteiger partial charge >= 0.3 is 0 Å². The Balaban J connectivity index is 2.40. The van der Waals surface area contributed by atoms with Gasteiger partial charge in [0, 0.05) is 5.41 Å². The summed E-state index contributed by atoms with van der Waals surface area (Å²) in [6, 6.07) is 3.56. The van der Waals surface area contributed by atoms with E-state index in [-0.39, 0.29) is 11.3 Å². The van der Waals surface area contributed by atoms with Crippen LogP contribution in [-0.2, 0) is 0 Å². The average molecular weight is 253 g/mol. The highest BCUT2D eigenvalue weighted by atomic mass is 19.1. The van der Waals surface area contributed by atoms with E-state index in [0.29, 0.717) is 19.3 Å². The van der Waals surface area contributed by atoms with E-state index in [1.54, 1.807) is 0 Å². The largest absolute Gasteiger partial charge is 0.317 e. The number of rotatable bonds is 3. The molecular weight excluding hydrogens is 236 g/mol. The van der Waals surface area contributed by atoms with E-state index in [2.05, 4.69) is 5.32 Å². The van der Waals surface area contributed by atoms with E-state index in [1.807, 2.05) is 6.92 Å². The van der Waals surface area contributed by atoms with Crippen molar-refractivity contribution in [3.8, 4) is 0 Å². The molecule has 2 rings (SSSR count). The van der Waals surface area contributed by atoms with E-state index < -0.39 is 17.0 Å². The van der Waals surface area contributed by atoms with Gasteiger partial charge in [0.05, 0.1) is 5.56 Å². The molecule has 0 amide bonds. The molecular formula is C14H17F2NO. The number of ketones is 1. The molecule has 0 radical (unpaired) electrons. The number of carbonyl (C=O) groups is 1. The Kier molecular flexibility index (Phi) is 3.76. The maximum absolute atomic E-state index is 13.7. The Morgan fingerprint density at radius 1 is 1.28 bits per heavy atom. The molecule has 4 heteroatoms. The minimum atomic E-state index is -0.758. The van der Waals surface area contributed by atoms with Crippen molar-refractivity contribution in [1.82, 2.24) is 5.32 Å². The second-order valence-electron chi connectivity index (χ2n) is 4.81. The van der Waals surface area contributed by atoms with Crippen molar-refractivity contribution in [2.24, 2.45) is 5.41 Å². The first kappa shape index (κ1) is 13.1. The van der Waals surface area contributed by atoms with Crippen LogP contribution in [0.4, 0.5) is 8.78 Å². The Labute approximate surface area is 105 Å². The van der Waals surface area contributed by atoms with Crippen LogP contribution in [0, 0.1) is 17.0 Å². The van der Waals surface area contributed by atoms with Gasteiger partial charge in [0.25, 0.3) is 0 Å². The monoisotopic (exact) mass is 253 g/mol. The van der Waals surface area contributed by atoms with Gasteiger partial charge in [-0.2, -0.15) is 0 Å². The predicted molar refractivity (Wildman–Crippen MR) is 65.5 cm³/mol. The van der Waals surface area contributed by atoms with Gasteiger partial charge in [-0.3, -0.25) is 4.79 Å². The number of piperidine rings is 1. The normalized spacial score (nSPS) is 18.6.